The first-order valence-electron chi connectivity index (χ1n) is 9.64. The fourth-order valence-electron chi connectivity index (χ4n) is 3.23. The van der Waals surface area contributed by atoms with Gasteiger partial charge >= 0.3 is 6.36 Å². The fraction of sp³-hybridized carbons (Fsp3) is 0.238. The maximum absolute atomic E-state index is 12.3. The molecule has 0 amide bonds. The van der Waals surface area contributed by atoms with Crippen LogP contribution in [0.25, 0.3) is 22.4 Å². The summed E-state index contributed by atoms with van der Waals surface area (Å²) in [5, 5.41) is 17.4. The van der Waals surface area contributed by atoms with E-state index in [1.54, 1.807) is 12.1 Å². The Morgan fingerprint density at radius 2 is 1.74 bits per heavy atom. The Hall–Kier alpha value is -3.69. The van der Waals surface area contributed by atoms with Crippen LogP contribution < -0.4 is 10.1 Å². The zero-order valence-electron chi connectivity index (χ0n) is 16.1. The van der Waals surface area contributed by atoms with Gasteiger partial charge in [-0.2, -0.15) is 4.98 Å². The van der Waals surface area contributed by atoms with Crippen LogP contribution in [0.5, 0.6) is 5.75 Å². The Morgan fingerprint density at radius 3 is 2.45 bits per heavy atom. The van der Waals surface area contributed by atoms with Crippen LogP contribution in [-0.4, -0.2) is 26.7 Å². The van der Waals surface area contributed by atoms with Gasteiger partial charge in [-0.1, -0.05) is 41.6 Å². The standard InChI is InChI=1S/C21H16F3N5O2/c22-21(23,24)30-14-9-5-12(6-10-14)11-25-19-16-4-2-1-3-15(16)17(27-28-19)20-26-18(29-31-20)13-7-8-13/h1-6,9-10,13H,7-8,11H2,(H,25,28). The molecule has 1 saturated carbocycles. The molecule has 0 aliphatic heterocycles. The summed E-state index contributed by atoms with van der Waals surface area (Å²) in [5.41, 5.74) is 1.27. The van der Waals surface area contributed by atoms with Crippen molar-refractivity contribution in [1.29, 1.82) is 0 Å². The molecule has 2 aromatic heterocycles. The summed E-state index contributed by atoms with van der Waals surface area (Å²) in [6.07, 6.45) is -2.58. The van der Waals surface area contributed by atoms with Gasteiger partial charge in [0.25, 0.3) is 5.89 Å². The molecule has 7 nitrogen and oxygen atoms in total. The quantitative estimate of drug-likeness (QED) is 0.460. The summed E-state index contributed by atoms with van der Waals surface area (Å²) in [6, 6.07) is 13.2. The van der Waals surface area contributed by atoms with E-state index < -0.39 is 6.36 Å². The highest BCUT2D eigenvalue weighted by molar-refractivity contribution is 5.98. The number of ether oxygens (including phenoxy) is 1. The van der Waals surface area contributed by atoms with Crippen molar-refractivity contribution in [1.82, 2.24) is 20.3 Å². The zero-order chi connectivity index (χ0) is 21.4. The summed E-state index contributed by atoms with van der Waals surface area (Å²) in [6.45, 7) is 0.344. The van der Waals surface area contributed by atoms with Crippen LogP contribution >= 0.6 is 0 Å². The monoisotopic (exact) mass is 427 g/mol. The first-order chi connectivity index (χ1) is 15.0. The molecule has 1 aliphatic rings. The van der Waals surface area contributed by atoms with Gasteiger partial charge in [0, 0.05) is 23.2 Å². The number of fused-ring (bicyclic) bond motifs is 1. The minimum absolute atomic E-state index is 0.268. The number of hydrogen-bond donors (Lipinski definition) is 1. The van der Waals surface area contributed by atoms with Crippen LogP contribution in [0.4, 0.5) is 19.0 Å². The lowest BCUT2D eigenvalue weighted by Crippen LogP contribution is -2.17. The van der Waals surface area contributed by atoms with Crippen LogP contribution in [0.1, 0.15) is 30.1 Å². The van der Waals surface area contributed by atoms with Gasteiger partial charge in [0.05, 0.1) is 0 Å². The van der Waals surface area contributed by atoms with Crippen LogP contribution in [0.2, 0.25) is 0 Å². The molecule has 0 spiro atoms. The number of aromatic nitrogens is 4. The summed E-state index contributed by atoms with van der Waals surface area (Å²) < 4.78 is 46.2. The number of alkyl halides is 3. The molecule has 0 bridgehead atoms. The molecule has 31 heavy (non-hydrogen) atoms. The third-order valence-electron chi connectivity index (χ3n) is 4.89. The second-order valence-corrected chi connectivity index (χ2v) is 7.22. The third-order valence-corrected chi connectivity index (χ3v) is 4.89. The van der Waals surface area contributed by atoms with Crippen molar-refractivity contribution in [2.24, 2.45) is 0 Å². The van der Waals surface area contributed by atoms with E-state index in [-0.39, 0.29) is 5.75 Å². The molecule has 1 aliphatic carbocycles. The second-order valence-electron chi connectivity index (χ2n) is 7.22. The van der Waals surface area contributed by atoms with Crippen molar-refractivity contribution in [2.45, 2.75) is 31.7 Å². The van der Waals surface area contributed by atoms with E-state index in [0.29, 0.717) is 35.7 Å². The molecule has 5 rings (SSSR count). The maximum Gasteiger partial charge on any atom is 0.573 e. The molecule has 0 radical (unpaired) electrons. The van der Waals surface area contributed by atoms with Crippen LogP contribution in [0.3, 0.4) is 0 Å². The molecule has 1 fully saturated rings. The maximum atomic E-state index is 12.3. The number of hydrogen-bond acceptors (Lipinski definition) is 7. The summed E-state index contributed by atoms with van der Waals surface area (Å²) in [5.74, 6) is 1.66. The van der Waals surface area contributed by atoms with Gasteiger partial charge in [-0.3, -0.25) is 0 Å². The lowest BCUT2D eigenvalue weighted by molar-refractivity contribution is -0.274. The van der Waals surface area contributed by atoms with Crippen molar-refractivity contribution in [2.75, 3.05) is 5.32 Å². The van der Waals surface area contributed by atoms with Crippen molar-refractivity contribution in [3.8, 4) is 17.3 Å². The molecule has 0 atom stereocenters. The average molecular weight is 427 g/mol. The number of benzene rings is 2. The minimum atomic E-state index is -4.71. The van der Waals surface area contributed by atoms with Crippen LogP contribution in [0, 0.1) is 0 Å². The fourth-order valence-corrected chi connectivity index (χ4v) is 3.23. The van der Waals surface area contributed by atoms with Gasteiger partial charge in [0.2, 0.25) is 0 Å². The zero-order valence-corrected chi connectivity index (χ0v) is 16.1. The Morgan fingerprint density at radius 1 is 1.00 bits per heavy atom. The normalized spacial score (nSPS) is 14.0. The largest absolute Gasteiger partial charge is 0.573 e. The van der Waals surface area contributed by atoms with Crippen molar-refractivity contribution >= 4 is 16.6 Å². The van der Waals surface area contributed by atoms with E-state index in [1.165, 1.54) is 12.1 Å². The number of anilines is 1. The van der Waals surface area contributed by atoms with Gasteiger partial charge < -0.3 is 14.6 Å². The smallest absolute Gasteiger partial charge is 0.406 e. The Bertz CT molecular complexity index is 1220. The van der Waals surface area contributed by atoms with E-state index in [1.807, 2.05) is 24.3 Å². The van der Waals surface area contributed by atoms with Gasteiger partial charge in [-0.25, -0.2) is 0 Å². The van der Waals surface area contributed by atoms with Gasteiger partial charge in [0.15, 0.2) is 17.3 Å². The van der Waals surface area contributed by atoms with Gasteiger partial charge in [-0.15, -0.1) is 23.4 Å². The van der Waals surface area contributed by atoms with Crippen LogP contribution in [-0.2, 0) is 6.54 Å². The van der Waals surface area contributed by atoms with Crippen molar-refractivity contribution < 1.29 is 22.4 Å². The summed E-state index contributed by atoms with van der Waals surface area (Å²) in [4.78, 5) is 4.46. The molecule has 2 heterocycles. The second kappa shape index (κ2) is 7.53. The topological polar surface area (TPSA) is 86.0 Å². The first-order valence-corrected chi connectivity index (χ1v) is 9.64. The predicted molar refractivity (Wildman–Crippen MR) is 105 cm³/mol. The average Bonchev–Trinajstić information content (AvgIpc) is 3.49. The highest BCUT2D eigenvalue weighted by Gasteiger charge is 2.31. The number of rotatable bonds is 6. The SMILES string of the molecule is FC(F)(F)Oc1ccc(CNc2nnc(-c3nc(C4CC4)no3)c3ccccc23)cc1. The molecule has 4 aromatic rings. The molecule has 0 saturated heterocycles. The van der Waals surface area contributed by atoms with Crippen molar-refractivity contribution in [3.05, 3.63) is 59.9 Å². The van der Waals surface area contributed by atoms with E-state index in [0.717, 1.165) is 29.2 Å². The van der Waals surface area contributed by atoms with Crippen LogP contribution in [0.15, 0.2) is 53.1 Å². The minimum Gasteiger partial charge on any atom is -0.406 e. The Labute approximate surface area is 174 Å². The molecule has 10 heteroatoms. The Balaban J connectivity index is 1.37. The molecule has 158 valence electrons. The molecular weight excluding hydrogens is 411 g/mol. The summed E-state index contributed by atoms with van der Waals surface area (Å²) in [7, 11) is 0. The highest BCUT2D eigenvalue weighted by Crippen LogP contribution is 2.39. The van der Waals surface area contributed by atoms with E-state index in [9.17, 15) is 13.2 Å². The highest BCUT2D eigenvalue weighted by atomic mass is 19.4. The van der Waals surface area contributed by atoms with E-state index in [4.69, 9.17) is 4.52 Å². The van der Waals surface area contributed by atoms with Gasteiger partial charge in [-0.05, 0) is 30.5 Å². The van der Waals surface area contributed by atoms with Crippen molar-refractivity contribution in [3.63, 3.8) is 0 Å². The third kappa shape index (κ3) is 4.27. The first kappa shape index (κ1) is 19.3. The molecule has 2 aromatic carbocycles. The predicted octanol–water partition coefficient (Wildman–Crippen LogP) is 5.07. The lowest BCUT2D eigenvalue weighted by atomic mass is 10.1. The molecular formula is C21H16F3N5O2. The summed E-state index contributed by atoms with van der Waals surface area (Å²) >= 11 is 0. The Kier molecular flexibility index (Phi) is 4.68. The van der Waals surface area contributed by atoms with Gasteiger partial charge in [0.1, 0.15) is 5.75 Å². The lowest BCUT2D eigenvalue weighted by Gasteiger charge is -2.11. The molecule has 1 N–H and O–H groups in total. The number of nitrogens with one attached hydrogen (secondary N) is 1. The van der Waals surface area contributed by atoms with E-state index in [2.05, 4.69) is 30.4 Å². The number of nitrogens with zero attached hydrogens (tertiary/aromatic N) is 4. The molecule has 0 unspecified atom stereocenters. The number of halogens is 3. The van der Waals surface area contributed by atoms with E-state index >= 15 is 0 Å².